The van der Waals surface area contributed by atoms with Crippen molar-refractivity contribution in [2.24, 2.45) is 5.92 Å². The van der Waals surface area contributed by atoms with E-state index in [4.69, 9.17) is 6.42 Å². The highest BCUT2D eigenvalue weighted by Gasteiger charge is 2.37. The predicted molar refractivity (Wildman–Crippen MR) is 92.6 cm³/mol. The number of benzene rings is 2. The van der Waals surface area contributed by atoms with E-state index in [1.165, 1.54) is 21.9 Å². The highest BCUT2D eigenvalue weighted by molar-refractivity contribution is 6.16. The number of hydrogen-bond donors (Lipinski definition) is 1. The van der Waals surface area contributed by atoms with Crippen LogP contribution in [0.25, 0.3) is 21.9 Å². The van der Waals surface area contributed by atoms with Crippen molar-refractivity contribution in [3.05, 3.63) is 36.4 Å². The Morgan fingerprint density at radius 2 is 1.73 bits per heavy atom. The quantitative estimate of drug-likeness (QED) is 0.641. The van der Waals surface area contributed by atoms with Gasteiger partial charge in [0, 0.05) is 13.0 Å². The number of fused-ring (bicyclic) bond motifs is 4. The van der Waals surface area contributed by atoms with E-state index in [1.807, 2.05) is 14.0 Å². The van der Waals surface area contributed by atoms with Crippen LogP contribution in [-0.4, -0.2) is 35.2 Å². The number of aliphatic hydroxyl groups is 1. The first-order valence-corrected chi connectivity index (χ1v) is 7.85. The molecule has 2 aliphatic carbocycles. The van der Waals surface area contributed by atoms with Crippen LogP contribution in [-0.2, 0) is 0 Å². The van der Waals surface area contributed by atoms with Gasteiger partial charge in [-0.15, -0.1) is 6.42 Å². The third-order valence-electron chi connectivity index (χ3n) is 5.19. The third kappa shape index (κ3) is 2.31. The second kappa shape index (κ2) is 5.43. The van der Waals surface area contributed by atoms with Crippen molar-refractivity contribution in [1.82, 2.24) is 4.90 Å². The molecule has 3 atom stereocenters. The molecule has 2 nitrogen and oxygen atoms in total. The van der Waals surface area contributed by atoms with Crippen LogP contribution >= 0.6 is 0 Å². The number of rotatable bonds is 0. The first-order valence-electron chi connectivity index (χ1n) is 7.85. The SMILES string of the molecule is C#C[C@]1(C)C[C@@H](O)[C@H](C)CN1C.c1ccc2c3ccc-3c2c1. The highest BCUT2D eigenvalue weighted by Crippen LogP contribution is 2.44. The normalized spacial score (nSPS) is 29.4. The molecule has 0 spiro atoms. The van der Waals surface area contributed by atoms with Crippen LogP contribution in [0.4, 0.5) is 0 Å². The van der Waals surface area contributed by atoms with Gasteiger partial charge in [0.25, 0.3) is 0 Å². The zero-order valence-corrected chi connectivity index (χ0v) is 13.5. The second-order valence-electron chi connectivity index (χ2n) is 6.75. The second-order valence-corrected chi connectivity index (χ2v) is 6.75. The van der Waals surface area contributed by atoms with E-state index in [0.29, 0.717) is 12.3 Å². The number of terminal acetylenes is 1. The molecular formula is C20H23NO. The van der Waals surface area contributed by atoms with Gasteiger partial charge < -0.3 is 5.11 Å². The van der Waals surface area contributed by atoms with Gasteiger partial charge in [0.05, 0.1) is 11.6 Å². The average Bonchev–Trinajstić information content (AvgIpc) is 2.47. The summed E-state index contributed by atoms with van der Waals surface area (Å²) in [7, 11) is 2.02. The molecule has 0 unspecified atom stereocenters. The molecule has 1 aromatic rings. The topological polar surface area (TPSA) is 23.5 Å². The minimum absolute atomic E-state index is 0.248. The minimum atomic E-state index is -0.258. The van der Waals surface area contributed by atoms with E-state index < -0.39 is 0 Å². The van der Waals surface area contributed by atoms with Gasteiger partial charge in [-0.1, -0.05) is 49.2 Å². The summed E-state index contributed by atoms with van der Waals surface area (Å²) >= 11 is 0. The van der Waals surface area contributed by atoms with Crippen LogP contribution < -0.4 is 0 Å². The van der Waals surface area contributed by atoms with Crippen LogP contribution in [0.2, 0.25) is 0 Å². The van der Waals surface area contributed by atoms with Crippen molar-refractivity contribution >= 4 is 10.8 Å². The number of likely N-dealkylation sites (tertiary alicyclic amines) is 1. The fraction of sp³-hybridized carbons (Fsp3) is 0.400. The predicted octanol–water partition coefficient (Wildman–Crippen LogP) is 3.53. The molecule has 22 heavy (non-hydrogen) atoms. The number of nitrogens with zero attached hydrogens (tertiary/aromatic N) is 1. The van der Waals surface area contributed by atoms with Crippen molar-refractivity contribution in [2.75, 3.05) is 13.6 Å². The number of aliphatic hydroxyl groups excluding tert-OH is 1. The van der Waals surface area contributed by atoms with Gasteiger partial charge in [-0.25, -0.2) is 0 Å². The Hall–Kier alpha value is -1.82. The molecule has 1 heterocycles. The molecular weight excluding hydrogens is 270 g/mol. The van der Waals surface area contributed by atoms with Crippen LogP contribution in [0, 0.1) is 18.3 Å². The molecule has 1 saturated heterocycles. The van der Waals surface area contributed by atoms with Gasteiger partial charge in [0.2, 0.25) is 0 Å². The lowest BCUT2D eigenvalue weighted by atomic mass is 9.83. The third-order valence-corrected chi connectivity index (χ3v) is 5.19. The Labute approximate surface area is 132 Å². The van der Waals surface area contributed by atoms with Crippen molar-refractivity contribution in [3.63, 3.8) is 0 Å². The monoisotopic (exact) mass is 293 g/mol. The van der Waals surface area contributed by atoms with E-state index in [9.17, 15) is 5.11 Å². The molecule has 1 aromatic carbocycles. The molecule has 1 N–H and O–H groups in total. The molecule has 2 heteroatoms. The Bertz CT molecular complexity index is 704. The Morgan fingerprint density at radius 3 is 2.18 bits per heavy atom. The zero-order chi connectivity index (χ0) is 15.9. The molecule has 0 aromatic heterocycles. The van der Waals surface area contributed by atoms with Gasteiger partial charge in [0.1, 0.15) is 0 Å². The summed E-state index contributed by atoms with van der Waals surface area (Å²) in [5.74, 6) is 3.08. The first kappa shape index (κ1) is 15.1. The van der Waals surface area contributed by atoms with E-state index in [1.54, 1.807) is 0 Å². The summed E-state index contributed by atoms with van der Waals surface area (Å²) < 4.78 is 0. The van der Waals surface area contributed by atoms with E-state index in [-0.39, 0.29) is 11.6 Å². The van der Waals surface area contributed by atoms with Crippen LogP contribution in [0.3, 0.4) is 0 Å². The van der Waals surface area contributed by atoms with E-state index >= 15 is 0 Å². The molecule has 4 rings (SSSR count). The van der Waals surface area contributed by atoms with Crippen molar-refractivity contribution in [1.29, 1.82) is 0 Å². The highest BCUT2D eigenvalue weighted by atomic mass is 16.3. The average molecular weight is 293 g/mol. The van der Waals surface area contributed by atoms with Gasteiger partial charge in [-0.3, -0.25) is 4.90 Å². The first-order chi connectivity index (χ1) is 10.5. The molecule has 0 radical (unpaired) electrons. The molecule has 1 aliphatic heterocycles. The van der Waals surface area contributed by atoms with E-state index in [0.717, 1.165) is 6.54 Å². The smallest absolute Gasteiger partial charge is 0.0817 e. The summed E-state index contributed by atoms with van der Waals surface area (Å²) in [6, 6.07) is 12.9. The summed E-state index contributed by atoms with van der Waals surface area (Å²) in [6.07, 6.45) is 5.87. The van der Waals surface area contributed by atoms with Crippen LogP contribution in [0.5, 0.6) is 0 Å². The Morgan fingerprint density at radius 1 is 1.18 bits per heavy atom. The van der Waals surface area contributed by atoms with Gasteiger partial charge in [0.15, 0.2) is 0 Å². The zero-order valence-electron chi connectivity index (χ0n) is 13.5. The standard InChI is InChI=1S/C10H17NO.C10H6/c1-5-10(3)6-9(12)8(2)7-11(10)4;1-2-4-8-7(3-1)9-5-6-10(8)9/h1,8-9,12H,6-7H2,2-4H3;1-6H/t8-,9-,10-;/m1./s1. The minimum Gasteiger partial charge on any atom is -0.393 e. The van der Waals surface area contributed by atoms with Gasteiger partial charge in [-0.2, -0.15) is 0 Å². The Balaban J connectivity index is 0.000000132. The lowest BCUT2D eigenvalue weighted by Gasteiger charge is -2.43. The van der Waals surface area contributed by atoms with Gasteiger partial charge >= 0.3 is 0 Å². The maximum Gasteiger partial charge on any atom is 0.0817 e. The molecule has 3 aliphatic rings. The number of piperidine rings is 1. The molecule has 0 bridgehead atoms. The van der Waals surface area contributed by atoms with Crippen molar-refractivity contribution in [2.45, 2.75) is 31.9 Å². The maximum atomic E-state index is 9.64. The van der Waals surface area contributed by atoms with Crippen molar-refractivity contribution < 1.29 is 5.11 Å². The molecule has 0 amide bonds. The largest absolute Gasteiger partial charge is 0.393 e. The Kier molecular flexibility index (Phi) is 3.72. The fourth-order valence-corrected chi connectivity index (χ4v) is 3.30. The molecule has 1 fully saturated rings. The molecule has 0 saturated carbocycles. The fourth-order valence-electron chi connectivity index (χ4n) is 3.30. The van der Waals surface area contributed by atoms with Crippen LogP contribution in [0.1, 0.15) is 20.3 Å². The summed E-state index contributed by atoms with van der Waals surface area (Å²) in [6.45, 7) is 4.93. The van der Waals surface area contributed by atoms with Gasteiger partial charge in [-0.05, 0) is 41.8 Å². The van der Waals surface area contributed by atoms with Crippen LogP contribution in [0.15, 0.2) is 36.4 Å². The lowest BCUT2D eigenvalue weighted by molar-refractivity contribution is -0.00779. The maximum absolute atomic E-state index is 9.64. The molecule has 114 valence electrons. The van der Waals surface area contributed by atoms with E-state index in [2.05, 4.69) is 54.1 Å². The summed E-state index contributed by atoms with van der Waals surface area (Å²) in [4.78, 5) is 2.14. The lowest BCUT2D eigenvalue weighted by Crippen LogP contribution is -2.53. The number of hydrogen-bond acceptors (Lipinski definition) is 2. The summed E-state index contributed by atoms with van der Waals surface area (Å²) in [5.41, 5.74) is 2.65. The summed E-state index contributed by atoms with van der Waals surface area (Å²) in [5, 5.41) is 12.5. The van der Waals surface area contributed by atoms with Crippen molar-refractivity contribution in [3.8, 4) is 23.5 Å².